The standard InChI is InChI=1S/C15H19F3N2O/c1-10(2)7-14(3,21)9-20-12-4-5-13(15(16,17)18)11(6-12)8-19/h4-6,10,20-21H,7,9H2,1-3H3. The van der Waals surface area contributed by atoms with E-state index in [4.69, 9.17) is 5.26 Å². The fraction of sp³-hybridized carbons (Fsp3) is 0.533. The van der Waals surface area contributed by atoms with Gasteiger partial charge in [-0.2, -0.15) is 18.4 Å². The van der Waals surface area contributed by atoms with Crippen molar-refractivity contribution in [3.8, 4) is 6.07 Å². The maximum absolute atomic E-state index is 12.7. The molecular formula is C15H19F3N2O. The number of hydrogen-bond acceptors (Lipinski definition) is 3. The van der Waals surface area contributed by atoms with E-state index in [2.05, 4.69) is 5.32 Å². The highest BCUT2D eigenvalue weighted by atomic mass is 19.4. The van der Waals surface area contributed by atoms with Gasteiger partial charge in [-0.25, -0.2) is 0 Å². The largest absolute Gasteiger partial charge is 0.417 e. The van der Waals surface area contributed by atoms with E-state index in [0.29, 0.717) is 18.0 Å². The number of nitriles is 1. The van der Waals surface area contributed by atoms with Crippen LogP contribution in [0.2, 0.25) is 0 Å². The van der Waals surface area contributed by atoms with Crippen molar-refractivity contribution in [1.29, 1.82) is 5.26 Å². The summed E-state index contributed by atoms with van der Waals surface area (Å²) >= 11 is 0. The molecule has 21 heavy (non-hydrogen) atoms. The molecule has 0 aromatic heterocycles. The monoisotopic (exact) mass is 300 g/mol. The van der Waals surface area contributed by atoms with E-state index < -0.39 is 22.9 Å². The number of benzene rings is 1. The Morgan fingerprint density at radius 2 is 1.95 bits per heavy atom. The molecule has 3 nitrogen and oxygen atoms in total. The van der Waals surface area contributed by atoms with E-state index in [1.165, 1.54) is 6.07 Å². The highest BCUT2D eigenvalue weighted by Gasteiger charge is 2.33. The lowest BCUT2D eigenvalue weighted by atomic mass is 9.94. The molecule has 1 unspecified atom stereocenters. The molecule has 2 N–H and O–H groups in total. The van der Waals surface area contributed by atoms with Crippen LogP contribution in [0.25, 0.3) is 0 Å². The molecule has 0 aliphatic heterocycles. The summed E-state index contributed by atoms with van der Waals surface area (Å²) in [5.74, 6) is 0.295. The summed E-state index contributed by atoms with van der Waals surface area (Å²) in [6.07, 6.45) is -3.99. The van der Waals surface area contributed by atoms with Gasteiger partial charge in [-0.15, -0.1) is 0 Å². The lowest BCUT2D eigenvalue weighted by Gasteiger charge is -2.26. The number of nitrogens with zero attached hydrogens (tertiary/aromatic N) is 1. The predicted molar refractivity (Wildman–Crippen MR) is 74.7 cm³/mol. The minimum Gasteiger partial charge on any atom is -0.388 e. The van der Waals surface area contributed by atoms with Gasteiger partial charge < -0.3 is 10.4 Å². The van der Waals surface area contributed by atoms with E-state index >= 15 is 0 Å². The number of halogens is 3. The van der Waals surface area contributed by atoms with Gasteiger partial charge in [0.25, 0.3) is 0 Å². The third-order valence-corrected chi connectivity index (χ3v) is 2.97. The van der Waals surface area contributed by atoms with Crippen molar-refractivity contribution in [2.45, 2.75) is 39.0 Å². The van der Waals surface area contributed by atoms with Crippen LogP contribution in [-0.2, 0) is 6.18 Å². The number of alkyl halides is 3. The van der Waals surface area contributed by atoms with E-state index in [1.54, 1.807) is 13.0 Å². The minimum atomic E-state index is -4.55. The average molecular weight is 300 g/mol. The molecular weight excluding hydrogens is 281 g/mol. The van der Waals surface area contributed by atoms with E-state index in [9.17, 15) is 18.3 Å². The first-order valence-corrected chi connectivity index (χ1v) is 6.63. The molecule has 0 saturated carbocycles. The molecule has 0 saturated heterocycles. The van der Waals surface area contributed by atoms with Crippen molar-refractivity contribution in [3.05, 3.63) is 29.3 Å². The number of aliphatic hydroxyl groups is 1. The molecule has 0 aliphatic rings. The third-order valence-electron chi connectivity index (χ3n) is 2.97. The van der Waals surface area contributed by atoms with Crippen LogP contribution in [0, 0.1) is 17.2 Å². The summed E-state index contributed by atoms with van der Waals surface area (Å²) in [5.41, 5.74) is -1.98. The molecule has 0 bridgehead atoms. The van der Waals surface area contributed by atoms with E-state index in [-0.39, 0.29) is 6.54 Å². The van der Waals surface area contributed by atoms with Gasteiger partial charge in [0.15, 0.2) is 0 Å². The second kappa shape index (κ2) is 6.35. The molecule has 1 aromatic rings. The zero-order valence-electron chi connectivity index (χ0n) is 12.3. The van der Waals surface area contributed by atoms with Crippen LogP contribution in [0.4, 0.5) is 18.9 Å². The Morgan fingerprint density at radius 3 is 2.43 bits per heavy atom. The van der Waals surface area contributed by atoms with Crippen LogP contribution in [0.15, 0.2) is 18.2 Å². The molecule has 0 aliphatic carbocycles. The van der Waals surface area contributed by atoms with Gasteiger partial charge >= 0.3 is 6.18 Å². The van der Waals surface area contributed by atoms with Gasteiger partial charge in [-0.1, -0.05) is 13.8 Å². The second-order valence-corrected chi connectivity index (χ2v) is 5.82. The van der Waals surface area contributed by atoms with Crippen molar-refractivity contribution in [2.24, 2.45) is 5.92 Å². The van der Waals surface area contributed by atoms with Crippen LogP contribution < -0.4 is 5.32 Å². The molecule has 1 aromatic carbocycles. The van der Waals surface area contributed by atoms with Gasteiger partial charge in [-0.05, 0) is 37.5 Å². The molecule has 0 fully saturated rings. The number of nitrogens with one attached hydrogen (secondary N) is 1. The van der Waals surface area contributed by atoms with Crippen molar-refractivity contribution in [1.82, 2.24) is 0 Å². The Bertz CT molecular complexity index is 531. The maximum atomic E-state index is 12.7. The van der Waals surface area contributed by atoms with Crippen molar-refractivity contribution >= 4 is 5.69 Å². The molecule has 1 rings (SSSR count). The van der Waals surface area contributed by atoms with Gasteiger partial charge in [0.05, 0.1) is 22.8 Å². The first kappa shape index (κ1) is 17.3. The van der Waals surface area contributed by atoms with Crippen LogP contribution in [0.1, 0.15) is 38.3 Å². The van der Waals surface area contributed by atoms with Crippen LogP contribution >= 0.6 is 0 Å². The summed E-state index contributed by atoms with van der Waals surface area (Å²) in [4.78, 5) is 0. The fourth-order valence-electron chi connectivity index (χ4n) is 2.24. The summed E-state index contributed by atoms with van der Waals surface area (Å²) in [5, 5.41) is 21.9. The molecule has 0 spiro atoms. The van der Waals surface area contributed by atoms with Crippen molar-refractivity contribution < 1.29 is 18.3 Å². The summed E-state index contributed by atoms with van der Waals surface area (Å²) < 4.78 is 38.0. The molecule has 116 valence electrons. The molecule has 1 atom stereocenters. The Balaban J connectivity index is 2.86. The highest BCUT2D eigenvalue weighted by Crippen LogP contribution is 2.33. The Hall–Kier alpha value is -1.74. The van der Waals surface area contributed by atoms with Gasteiger partial charge in [0.2, 0.25) is 0 Å². The van der Waals surface area contributed by atoms with Crippen molar-refractivity contribution in [2.75, 3.05) is 11.9 Å². The molecule has 0 amide bonds. The Labute approximate surface area is 122 Å². The van der Waals surface area contributed by atoms with Crippen molar-refractivity contribution in [3.63, 3.8) is 0 Å². The zero-order chi connectivity index (χ0) is 16.3. The summed E-state index contributed by atoms with van der Waals surface area (Å²) in [6, 6.07) is 4.83. The Morgan fingerprint density at radius 1 is 1.33 bits per heavy atom. The normalized spacial score (nSPS) is 14.6. The van der Waals surface area contributed by atoms with Crippen LogP contribution in [0.5, 0.6) is 0 Å². The Kier molecular flexibility index (Phi) is 5.24. The maximum Gasteiger partial charge on any atom is 0.417 e. The van der Waals surface area contributed by atoms with E-state index in [1.807, 2.05) is 13.8 Å². The van der Waals surface area contributed by atoms with Crippen LogP contribution in [-0.4, -0.2) is 17.3 Å². The lowest BCUT2D eigenvalue weighted by Crippen LogP contribution is -2.34. The first-order chi connectivity index (χ1) is 9.55. The minimum absolute atomic E-state index is 0.196. The third kappa shape index (κ3) is 5.27. The van der Waals surface area contributed by atoms with Gasteiger partial charge in [-0.3, -0.25) is 0 Å². The quantitative estimate of drug-likeness (QED) is 0.870. The molecule has 0 heterocycles. The van der Waals surface area contributed by atoms with Gasteiger partial charge in [0, 0.05) is 12.2 Å². The predicted octanol–water partition coefficient (Wildman–Crippen LogP) is 3.79. The molecule has 6 heteroatoms. The smallest absolute Gasteiger partial charge is 0.388 e. The fourth-order valence-corrected chi connectivity index (χ4v) is 2.24. The lowest BCUT2D eigenvalue weighted by molar-refractivity contribution is -0.137. The number of hydrogen-bond donors (Lipinski definition) is 2. The van der Waals surface area contributed by atoms with Crippen LogP contribution in [0.3, 0.4) is 0 Å². The zero-order valence-corrected chi connectivity index (χ0v) is 12.3. The first-order valence-electron chi connectivity index (χ1n) is 6.63. The topological polar surface area (TPSA) is 56.0 Å². The second-order valence-electron chi connectivity index (χ2n) is 5.82. The van der Waals surface area contributed by atoms with Gasteiger partial charge in [0.1, 0.15) is 0 Å². The molecule has 0 radical (unpaired) electrons. The number of anilines is 1. The SMILES string of the molecule is CC(C)CC(C)(O)CNc1ccc(C(F)(F)F)c(C#N)c1. The summed E-state index contributed by atoms with van der Waals surface area (Å²) in [6.45, 7) is 5.80. The van der Waals surface area contributed by atoms with E-state index in [0.717, 1.165) is 12.1 Å². The highest BCUT2D eigenvalue weighted by molar-refractivity contribution is 5.53. The average Bonchev–Trinajstić information content (AvgIpc) is 2.33. The summed E-state index contributed by atoms with van der Waals surface area (Å²) in [7, 11) is 0. The number of rotatable bonds is 5.